The highest BCUT2D eigenvalue weighted by Gasteiger charge is 2.57. The standard InChI is InChI=1S/C25H30N4O3/c1-2-21(31)29-13-25(14-29)9-7-18(25)23-22(15-8-10-32-12-15)17(24(27)28-23)11-19(26)16-5-3-4-6-20(16)30/h2-6,11,15,18,28,30H,1,7-10,12-14,26-27H2/b19-11-. The normalized spacial score (nSPS) is 24.2. The molecule has 0 radical (unpaired) electrons. The molecular formula is C25H30N4O3. The molecule has 2 aliphatic heterocycles. The number of nitrogens with one attached hydrogen (secondary N) is 1. The molecule has 32 heavy (non-hydrogen) atoms. The molecule has 3 fully saturated rings. The number of H-pyrrole nitrogens is 1. The number of carbonyl (C=O) groups is 1. The van der Waals surface area contributed by atoms with Crippen LogP contribution in [0.2, 0.25) is 0 Å². The van der Waals surface area contributed by atoms with Crippen LogP contribution in [0.25, 0.3) is 11.8 Å². The Balaban J connectivity index is 1.52. The zero-order valence-corrected chi connectivity index (χ0v) is 18.1. The van der Waals surface area contributed by atoms with Gasteiger partial charge in [0.05, 0.1) is 6.61 Å². The largest absolute Gasteiger partial charge is 0.507 e. The van der Waals surface area contributed by atoms with Crippen molar-refractivity contribution in [3.05, 3.63) is 59.3 Å². The lowest BCUT2D eigenvalue weighted by Gasteiger charge is -2.60. The maximum absolute atomic E-state index is 12.0. The van der Waals surface area contributed by atoms with Gasteiger partial charge >= 0.3 is 0 Å². The predicted molar refractivity (Wildman–Crippen MR) is 125 cm³/mol. The first-order chi connectivity index (χ1) is 15.4. The number of aromatic hydroxyl groups is 1. The van der Waals surface area contributed by atoms with Crippen molar-refractivity contribution >= 4 is 23.5 Å². The number of hydrogen-bond acceptors (Lipinski definition) is 5. The average molecular weight is 435 g/mol. The summed E-state index contributed by atoms with van der Waals surface area (Å²) in [5.74, 6) is 1.28. The van der Waals surface area contributed by atoms with E-state index in [1.165, 1.54) is 11.6 Å². The van der Waals surface area contributed by atoms with Crippen molar-refractivity contribution in [3.8, 4) is 5.75 Å². The van der Waals surface area contributed by atoms with Crippen LogP contribution in [0, 0.1) is 5.41 Å². The summed E-state index contributed by atoms with van der Waals surface area (Å²) in [5, 5.41) is 10.2. The lowest BCUT2D eigenvalue weighted by atomic mass is 9.54. The molecular weight excluding hydrogens is 404 g/mol. The molecule has 2 atom stereocenters. The fourth-order valence-corrected chi connectivity index (χ4v) is 5.68. The number of aromatic nitrogens is 1. The van der Waals surface area contributed by atoms with Gasteiger partial charge in [-0.25, -0.2) is 0 Å². The maximum Gasteiger partial charge on any atom is 0.245 e. The Bertz CT molecular complexity index is 1090. The van der Waals surface area contributed by atoms with Crippen LogP contribution in [0.15, 0.2) is 36.9 Å². The molecule has 3 aliphatic rings. The highest BCUT2D eigenvalue weighted by Crippen LogP contribution is 2.59. The summed E-state index contributed by atoms with van der Waals surface area (Å²) in [6.45, 7) is 6.50. The molecule has 1 aromatic carbocycles. The number of para-hydroxylation sites is 1. The molecule has 1 amide bonds. The summed E-state index contributed by atoms with van der Waals surface area (Å²) < 4.78 is 5.72. The van der Waals surface area contributed by atoms with Gasteiger partial charge in [0.15, 0.2) is 0 Å². The van der Waals surface area contributed by atoms with E-state index in [2.05, 4.69) is 11.6 Å². The van der Waals surface area contributed by atoms with E-state index in [1.807, 2.05) is 17.0 Å². The molecule has 5 rings (SSSR count). The third kappa shape index (κ3) is 3.19. The van der Waals surface area contributed by atoms with Gasteiger partial charge < -0.3 is 31.2 Å². The number of likely N-dealkylation sites (tertiary alicyclic amines) is 1. The summed E-state index contributed by atoms with van der Waals surface area (Å²) in [6, 6.07) is 7.03. The van der Waals surface area contributed by atoms with Crippen molar-refractivity contribution in [1.29, 1.82) is 0 Å². The van der Waals surface area contributed by atoms with Crippen molar-refractivity contribution in [2.24, 2.45) is 11.1 Å². The summed E-state index contributed by atoms with van der Waals surface area (Å²) in [4.78, 5) is 17.3. The summed E-state index contributed by atoms with van der Waals surface area (Å²) in [6.07, 6.45) is 6.36. The molecule has 1 aromatic heterocycles. The van der Waals surface area contributed by atoms with Gasteiger partial charge in [0.1, 0.15) is 11.6 Å². The molecule has 168 valence electrons. The number of aromatic amines is 1. The van der Waals surface area contributed by atoms with Gasteiger partial charge in [0, 0.05) is 59.5 Å². The van der Waals surface area contributed by atoms with Crippen molar-refractivity contribution in [1.82, 2.24) is 9.88 Å². The third-order valence-electron chi connectivity index (χ3n) is 7.51. The van der Waals surface area contributed by atoms with Crippen LogP contribution in [0.1, 0.15) is 53.5 Å². The Morgan fingerprint density at radius 1 is 1.31 bits per heavy atom. The van der Waals surface area contributed by atoms with Gasteiger partial charge in [0.2, 0.25) is 5.91 Å². The number of phenolic OH excluding ortho intramolecular Hbond substituents is 1. The minimum atomic E-state index is -0.00393. The van der Waals surface area contributed by atoms with Crippen LogP contribution in [0.4, 0.5) is 5.82 Å². The van der Waals surface area contributed by atoms with Crippen molar-refractivity contribution < 1.29 is 14.6 Å². The highest BCUT2D eigenvalue weighted by atomic mass is 16.5. The molecule has 1 saturated carbocycles. The van der Waals surface area contributed by atoms with Crippen LogP contribution in [0.5, 0.6) is 5.75 Å². The number of nitrogens with two attached hydrogens (primary N) is 2. The minimum Gasteiger partial charge on any atom is -0.507 e. The molecule has 1 aliphatic carbocycles. The number of anilines is 1. The number of amides is 1. The zero-order chi connectivity index (χ0) is 22.5. The Morgan fingerprint density at radius 2 is 2.09 bits per heavy atom. The molecule has 3 heterocycles. The van der Waals surface area contributed by atoms with Gasteiger partial charge in [-0.1, -0.05) is 18.7 Å². The molecule has 2 unspecified atom stereocenters. The first-order valence-corrected chi connectivity index (χ1v) is 11.2. The Morgan fingerprint density at radius 3 is 2.72 bits per heavy atom. The fraction of sp³-hybridized carbons (Fsp3) is 0.400. The molecule has 7 heteroatoms. The Kier molecular flexibility index (Phi) is 5.01. The third-order valence-corrected chi connectivity index (χ3v) is 7.51. The van der Waals surface area contributed by atoms with Crippen LogP contribution >= 0.6 is 0 Å². The molecule has 2 aromatic rings. The summed E-state index contributed by atoms with van der Waals surface area (Å²) >= 11 is 0. The molecule has 1 spiro atoms. The van der Waals surface area contributed by atoms with Crippen molar-refractivity contribution in [2.45, 2.75) is 31.1 Å². The van der Waals surface area contributed by atoms with E-state index < -0.39 is 0 Å². The lowest BCUT2D eigenvalue weighted by molar-refractivity contribution is -0.147. The first-order valence-electron chi connectivity index (χ1n) is 11.2. The van der Waals surface area contributed by atoms with Gasteiger partial charge in [0.25, 0.3) is 0 Å². The van der Waals surface area contributed by atoms with E-state index in [-0.39, 0.29) is 23.0 Å². The molecule has 2 saturated heterocycles. The quantitative estimate of drug-likeness (QED) is 0.539. The average Bonchev–Trinajstić information content (AvgIpc) is 3.35. The minimum absolute atomic E-state index is 0.00393. The van der Waals surface area contributed by atoms with Crippen molar-refractivity contribution in [2.75, 3.05) is 32.0 Å². The maximum atomic E-state index is 12.0. The number of carbonyl (C=O) groups excluding carboxylic acids is 1. The number of phenols is 1. The van der Waals surface area contributed by atoms with Crippen LogP contribution in [-0.2, 0) is 9.53 Å². The van der Waals surface area contributed by atoms with E-state index in [1.54, 1.807) is 18.2 Å². The summed E-state index contributed by atoms with van der Waals surface area (Å²) in [5.41, 5.74) is 17.3. The topological polar surface area (TPSA) is 118 Å². The first kappa shape index (κ1) is 20.7. The number of benzene rings is 1. The van der Waals surface area contributed by atoms with Crippen LogP contribution < -0.4 is 11.5 Å². The van der Waals surface area contributed by atoms with Gasteiger partial charge in [-0.3, -0.25) is 4.79 Å². The SMILES string of the molecule is C=CC(=O)N1CC2(CCC2c2[nH]c(N)c(/C=C(\N)c3ccccc3O)c2C2CCOC2)C1. The van der Waals surface area contributed by atoms with E-state index >= 15 is 0 Å². The van der Waals surface area contributed by atoms with Gasteiger partial charge in [-0.05, 0) is 49.1 Å². The van der Waals surface area contributed by atoms with E-state index in [4.69, 9.17) is 16.2 Å². The molecule has 7 nitrogen and oxygen atoms in total. The monoisotopic (exact) mass is 434 g/mol. The summed E-state index contributed by atoms with van der Waals surface area (Å²) in [7, 11) is 0. The van der Waals surface area contributed by atoms with E-state index in [9.17, 15) is 9.90 Å². The van der Waals surface area contributed by atoms with Crippen molar-refractivity contribution in [3.63, 3.8) is 0 Å². The number of hydrogen-bond donors (Lipinski definition) is 4. The fourth-order valence-electron chi connectivity index (χ4n) is 5.68. The number of nitrogen functional groups attached to an aromatic ring is 1. The van der Waals surface area contributed by atoms with E-state index in [0.29, 0.717) is 29.6 Å². The zero-order valence-electron chi connectivity index (χ0n) is 18.1. The second-order valence-corrected chi connectivity index (χ2v) is 9.31. The molecule has 0 bridgehead atoms. The second-order valence-electron chi connectivity index (χ2n) is 9.31. The second kappa shape index (κ2) is 7.74. The predicted octanol–water partition coefficient (Wildman–Crippen LogP) is 3.16. The number of ether oxygens (including phenoxy) is 1. The van der Waals surface area contributed by atoms with Crippen LogP contribution in [-0.4, -0.2) is 47.2 Å². The van der Waals surface area contributed by atoms with Crippen LogP contribution in [0.3, 0.4) is 0 Å². The number of nitrogens with zero attached hydrogens (tertiary/aromatic N) is 1. The number of rotatable bonds is 5. The Labute approximate surface area is 187 Å². The molecule has 6 N–H and O–H groups in total. The lowest BCUT2D eigenvalue weighted by Crippen LogP contribution is -2.64. The smallest absolute Gasteiger partial charge is 0.245 e. The highest BCUT2D eigenvalue weighted by molar-refractivity contribution is 5.88. The van der Waals surface area contributed by atoms with E-state index in [0.717, 1.165) is 50.2 Å². The van der Waals surface area contributed by atoms with Gasteiger partial charge in [-0.2, -0.15) is 0 Å². The Hall–Kier alpha value is -3.19. The van der Waals surface area contributed by atoms with Gasteiger partial charge in [-0.15, -0.1) is 0 Å².